The molecule has 1 aromatic rings. The Hall–Kier alpha value is -0.710. The number of methoxy groups -OCH3 is 1. The first-order valence-electron chi connectivity index (χ1n) is 9.86. The van der Waals surface area contributed by atoms with Crippen molar-refractivity contribution in [3.8, 4) is 0 Å². The molecule has 0 aliphatic carbocycles. The Bertz CT molecular complexity index is 581. The maximum atomic E-state index is 12.2. The number of ether oxygens (including phenoxy) is 1. The van der Waals surface area contributed by atoms with Crippen molar-refractivity contribution in [2.45, 2.75) is 31.6 Å². The van der Waals surface area contributed by atoms with Gasteiger partial charge in [0.05, 0.1) is 13.2 Å². The number of nitrogens with zero attached hydrogens (tertiary/aromatic N) is 2. The second kappa shape index (κ2) is 15.2. The SMILES string of the molecule is CCNC(=NCCS(=O)Cc1ccccc1)NC1CCN(CCOC)CC1.I. The average molecular weight is 522 g/mol. The van der Waals surface area contributed by atoms with Gasteiger partial charge in [-0.25, -0.2) is 0 Å². The summed E-state index contributed by atoms with van der Waals surface area (Å²) in [5, 5.41) is 6.84. The summed E-state index contributed by atoms with van der Waals surface area (Å²) in [6.07, 6.45) is 2.21. The molecular formula is C20H35IN4O2S. The van der Waals surface area contributed by atoms with E-state index in [9.17, 15) is 4.21 Å². The van der Waals surface area contributed by atoms with Crippen molar-refractivity contribution < 1.29 is 8.95 Å². The van der Waals surface area contributed by atoms with Gasteiger partial charge in [-0.1, -0.05) is 30.3 Å². The van der Waals surface area contributed by atoms with Gasteiger partial charge in [-0.05, 0) is 25.3 Å². The van der Waals surface area contributed by atoms with E-state index in [0.29, 0.717) is 24.1 Å². The van der Waals surface area contributed by atoms with Crippen molar-refractivity contribution in [1.29, 1.82) is 0 Å². The Morgan fingerprint density at radius 1 is 1.29 bits per heavy atom. The van der Waals surface area contributed by atoms with Gasteiger partial charge in [0.1, 0.15) is 0 Å². The molecule has 2 rings (SSSR count). The lowest BCUT2D eigenvalue weighted by atomic mass is 10.1. The zero-order valence-electron chi connectivity index (χ0n) is 17.1. The van der Waals surface area contributed by atoms with Gasteiger partial charge in [0.15, 0.2) is 5.96 Å². The predicted molar refractivity (Wildman–Crippen MR) is 129 cm³/mol. The molecule has 1 heterocycles. The molecule has 1 aliphatic rings. The Morgan fingerprint density at radius 3 is 2.64 bits per heavy atom. The zero-order valence-corrected chi connectivity index (χ0v) is 20.2. The lowest BCUT2D eigenvalue weighted by Crippen LogP contribution is -2.49. The van der Waals surface area contributed by atoms with Gasteiger partial charge in [-0.3, -0.25) is 9.20 Å². The van der Waals surface area contributed by atoms with Crippen LogP contribution < -0.4 is 10.6 Å². The second-order valence-electron chi connectivity index (χ2n) is 6.79. The van der Waals surface area contributed by atoms with Crippen LogP contribution in [-0.2, 0) is 21.3 Å². The van der Waals surface area contributed by atoms with Crippen LogP contribution >= 0.6 is 24.0 Å². The van der Waals surface area contributed by atoms with E-state index in [1.54, 1.807) is 7.11 Å². The van der Waals surface area contributed by atoms with Crippen LogP contribution in [0.25, 0.3) is 0 Å². The van der Waals surface area contributed by atoms with E-state index >= 15 is 0 Å². The van der Waals surface area contributed by atoms with Crippen LogP contribution in [0, 0.1) is 0 Å². The summed E-state index contributed by atoms with van der Waals surface area (Å²) in [6, 6.07) is 10.4. The average Bonchev–Trinajstić information content (AvgIpc) is 2.68. The Kier molecular flexibility index (Phi) is 13.7. The topological polar surface area (TPSA) is 66.0 Å². The van der Waals surface area contributed by atoms with Gasteiger partial charge < -0.3 is 20.3 Å². The fourth-order valence-electron chi connectivity index (χ4n) is 3.13. The molecule has 0 radical (unpaired) electrons. The van der Waals surface area contributed by atoms with Crippen molar-refractivity contribution in [3.05, 3.63) is 35.9 Å². The van der Waals surface area contributed by atoms with E-state index in [4.69, 9.17) is 4.74 Å². The first-order valence-corrected chi connectivity index (χ1v) is 11.3. The smallest absolute Gasteiger partial charge is 0.191 e. The Morgan fingerprint density at radius 2 is 2.00 bits per heavy atom. The van der Waals surface area contributed by atoms with E-state index in [1.807, 2.05) is 30.3 Å². The summed E-state index contributed by atoms with van der Waals surface area (Å²) in [7, 11) is 0.863. The number of piperidine rings is 1. The van der Waals surface area contributed by atoms with E-state index in [1.165, 1.54) is 0 Å². The van der Waals surface area contributed by atoms with Crippen LogP contribution in [0.3, 0.4) is 0 Å². The third-order valence-corrected chi connectivity index (χ3v) is 5.94. The first kappa shape index (κ1) is 25.3. The third-order valence-electron chi connectivity index (χ3n) is 4.64. The summed E-state index contributed by atoms with van der Waals surface area (Å²) in [5.74, 6) is 2.02. The van der Waals surface area contributed by atoms with Crippen LogP contribution in [-0.4, -0.2) is 73.3 Å². The largest absolute Gasteiger partial charge is 0.383 e. The molecule has 160 valence electrons. The van der Waals surface area contributed by atoms with E-state index < -0.39 is 10.8 Å². The maximum absolute atomic E-state index is 12.2. The van der Waals surface area contributed by atoms with Crippen LogP contribution in [0.15, 0.2) is 35.3 Å². The van der Waals surface area contributed by atoms with Crippen molar-refractivity contribution in [3.63, 3.8) is 0 Å². The molecule has 2 N–H and O–H groups in total. The van der Waals surface area contributed by atoms with Crippen LogP contribution in [0.4, 0.5) is 0 Å². The first-order chi connectivity index (χ1) is 13.2. The number of hydrogen-bond donors (Lipinski definition) is 2. The quantitative estimate of drug-likeness (QED) is 0.280. The van der Waals surface area contributed by atoms with E-state index in [-0.39, 0.29) is 24.0 Å². The number of rotatable bonds is 10. The van der Waals surface area contributed by atoms with E-state index in [0.717, 1.165) is 57.2 Å². The standard InChI is InChI=1S/C20H34N4O2S.HI/c1-3-21-20(23-19-9-12-24(13-10-19)14-15-26-2)22-11-16-27(25)17-18-7-5-4-6-8-18;/h4-8,19H,3,9-17H2,1-2H3,(H2,21,22,23);1H. The maximum Gasteiger partial charge on any atom is 0.191 e. The normalized spacial score (nSPS) is 17.0. The Labute approximate surface area is 189 Å². The number of halogens is 1. The number of benzene rings is 1. The molecule has 0 saturated carbocycles. The predicted octanol–water partition coefficient (Wildman–Crippen LogP) is 2.22. The molecule has 0 spiro atoms. The van der Waals surface area contributed by atoms with Gasteiger partial charge in [-0.15, -0.1) is 24.0 Å². The number of nitrogens with one attached hydrogen (secondary N) is 2. The zero-order chi connectivity index (χ0) is 19.3. The molecule has 1 fully saturated rings. The summed E-state index contributed by atoms with van der Waals surface area (Å²) in [4.78, 5) is 7.07. The number of likely N-dealkylation sites (tertiary alicyclic amines) is 1. The lowest BCUT2D eigenvalue weighted by Gasteiger charge is -2.32. The second-order valence-corrected chi connectivity index (χ2v) is 8.36. The molecule has 6 nitrogen and oxygen atoms in total. The highest BCUT2D eigenvalue weighted by Crippen LogP contribution is 2.10. The third kappa shape index (κ3) is 10.2. The van der Waals surface area contributed by atoms with Gasteiger partial charge >= 0.3 is 0 Å². The van der Waals surface area contributed by atoms with Crippen molar-refractivity contribution in [2.75, 3.05) is 52.2 Å². The fourth-order valence-corrected chi connectivity index (χ4v) is 4.13. The highest BCUT2D eigenvalue weighted by Gasteiger charge is 2.19. The number of guanidine groups is 1. The molecule has 0 amide bonds. The molecule has 1 aliphatic heterocycles. The molecular weight excluding hydrogens is 487 g/mol. The monoisotopic (exact) mass is 522 g/mol. The highest BCUT2D eigenvalue weighted by molar-refractivity contribution is 14.0. The van der Waals surface area contributed by atoms with Crippen molar-refractivity contribution >= 4 is 40.7 Å². The summed E-state index contributed by atoms with van der Waals surface area (Å²) >= 11 is 0. The number of aliphatic imine (C=N–C) groups is 1. The molecule has 1 aromatic carbocycles. The van der Waals surface area contributed by atoms with Crippen LogP contribution in [0.2, 0.25) is 0 Å². The minimum Gasteiger partial charge on any atom is -0.383 e. The van der Waals surface area contributed by atoms with Gasteiger partial charge in [-0.2, -0.15) is 0 Å². The molecule has 1 unspecified atom stereocenters. The summed E-state index contributed by atoms with van der Waals surface area (Å²) in [5.41, 5.74) is 1.12. The van der Waals surface area contributed by atoms with Crippen molar-refractivity contribution in [1.82, 2.24) is 15.5 Å². The van der Waals surface area contributed by atoms with Gasteiger partial charge in [0.2, 0.25) is 0 Å². The van der Waals surface area contributed by atoms with Crippen molar-refractivity contribution in [2.24, 2.45) is 4.99 Å². The van der Waals surface area contributed by atoms with E-state index in [2.05, 4.69) is 27.4 Å². The van der Waals surface area contributed by atoms with Gasteiger partial charge in [0.25, 0.3) is 0 Å². The molecule has 8 heteroatoms. The lowest BCUT2D eigenvalue weighted by molar-refractivity contribution is 0.128. The molecule has 0 bridgehead atoms. The fraction of sp³-hybridized carbons (Fsp3) is 0.650. The summed E-state index contributed by atoms with van der Waals surface area (Å²) < 4.78 is 17.4. The minimum absolute atomic E-state index is 0. The van der Waals surface area contributed by atoms with Crippen LogP contribution in [0.1, 0.15) is 25.3 Å². The molecule has 0 aromatic heterocycles. The molecule has 1 saturated heterocycles. The van der Waals surface area contributed by atoms with Gasteiger partial charge in [0, 0.05) is 61.6 Å². The summed E-state index contributed by atoms with van der Waals surface area (Å²) in [6.45, 7) is 7.43. The van der Waals surface area contributed by atoms with Crippen LogP contribution in [0.5, 0.6) is 0 Å². The highest BCUT2D eigenvalue weighted by atomic mass is 127. The Balaban J connectivity index is 0.00000392. The minimum atomic E-state index is -0.887. The number of hydrogen-bond acceptors (Lipinski definition) is 4. The molecule has 28 heavy (non-hydrogen) atoms. The molecule has 1 atom stereocenters.